The van der Waals surface area contributed by atoms with E-state index < -0.39 is 11.6 Å². The van der Waals surface area contributed by atoms with Crippen molar-refractivity contribution in [2.75, 3.05) is 5.32 Å². The Morgan fingerprint density at radius 3 is 2.76 bits per heavy atom. The minimum Gasteiger partial charge on any atom is -0.376 e. The summed E-state index contributed by atoms with van der Waals surface area (Å²) >= 11 is 4.88. The molecule has 1 aromatic heterocycles. The zero-order valence-corrected chi connectivity index (χ0v) is 11.5. The first-order valence-electron chi connectivity index (χ1n) is 4.99. The zero-order chi connectivity index (χ0) is 12.4. The van der Waals surface area contributed by atoms with Gasteiger partial charge in [-0.2, -0.15) is 0 Å². The molecule has 1 aromatic carbocycles. The third-order valence-electron chi connectivity index (χ3n) is 2.38. The van der Waals surface area contributed by atoms with Crippen molar-refractivity contribution in [3.8, 4) is 0 Å². The predicted molar refractivity (Wildman–Crippen MR) is 70.4 cm³/mol. The van der Waals surface area contributed by atoms with Gasteiger partial charge in [-0.25, -0.2) is 8.78 Å². The van der Waals surface area contributed by atoms with Crippen LogP contribution in [0.4, 0.5) is 14.5 Å². The smallest absolute Gasteiger partial charge is 0.152 e. The number of rotatable bonds is 3. The molecule has 0 amide bonds. The monoisotopic (exact) mass is 317 g/mol. The Bertz CT molecular complexity index is 539. The number of nitrogens with one attached hydrogen (secondary N) is 1. The molecule has 0 fully saturated rings. The van der Waals surface area contributed by atoms with E-state index in [0.29, 0.717) is 12.1 Å². The summed E-state index contributed by atoms with van der Waals surface area (Å²) < 4.78 is 28.1. The lowest BCUT2D eigenvalue weighted by Gasteiger charge is -2.09. The molecule has 0 aliphatic rings. The minimum atomic E-state index is -0.567. The zero-order valence-electron chi connectivity index (χ0n) is 9.06. The summed E-state index contributed by atoms with van der Waals surface area (Å²) in [5.74, 6) is -1.10. The summed E-state index contributed by atoms with van der Waals surface area (Å²) in [4.78, 5) is 0. The fraction of sp³-hybridized carbons (Fsp3) is 0.167. The molecule has 1 nitrogen and oxygen atoms in total. The van der Waals surface area contributed by atoms with E-state index in [1.165, 1.54) is 12.1 Å². The SMILES string of the molecule is Cc1ccc(F)c(NCc2csc(Br)c2)c1F. The van der Waals surface area contributed by atoms with Gasteiger partial charge in [0.2, 0.25) is 0 Å². The molecule has 0 atom stereocenters. The average molecular weight is 318 g/mol. The van der Waals surface area contributed by atoms with Crippen LogP contribution in [0.15, 0.2) is 27.4 Å². The highest BCUT2D eigenvalue weighted by atomic mass is 79.9. The number of anilines is 1. The van der Waals surface area contributed by atoms with Gasteiger partial charge in [0.05, 0.1) is 3.79 Å². The van der Waals surface area contributed by atoms with Crippen LogP contribution in [0.3, 0.4) is 0 Å². The number of halogens is 3. The molecule has 2 aromatic rings. The summed E-state index contributed by atoms with van der Waals surface area (Å²) in [7, 11) is 0. The van der Waals surface area contributed by atoms with Crippen molar-refractivity contribution >= 4 is 33.0 Å². The number of hydrogen-bond acceptors (Lipinski definition) is 2. The maximum Gasteiger partial charge on any atom is 0.152 e. The number of thiophene rings is 1. The van der Waals surface area contributed by atoms with Crippen molar-refractivity contribution in [2.24, 2.45) is 0 Å². The Labute approximate surface area is 111 Å². The van der Waals surface area contributed by atoms with Crippen molar-refractivity contribution in [1.82, 2.24) is 0 Å². The van der Waals surface area contributed by atoms with Crippen LogP contribution in [0.5, 0.6) is 0 Å². The van der Waals surface area contributed by atoms with E-state index in [0.717, 1.165) is 9.35 Å². The highest BCUT2D eigenvalue weighted by Crippen LogP contribution is 2.24. The summed E-state index contributed by atoms with van der Waals surface area (Å²) in [6, 6.07) is 4.62. The highest BCUT2D eigenvalue weighted by molar-refractivity contribution is 9.11. The second-order valence-corrected chi connectivity index (χ2v) is 5.96. The molecule has 0 aliphatic carbocycles. The second-order valence-electron chi connectivity index (χ2n) is 3.67. The van der Waals surface area contributed by atoms with Crippen molar-refractivity contribution in [2.45, 2.75) is 13.5 Å². The van der Waals surface area contributed by atoms with Gasteiger partial charge < -0.3 is 5.32 Å². The van der Waals surface area contributed by atoms with E-state index in [-0.39, 0.29) is 5.69 Å². The van der Waals surface area contributed by atoms with Gasteiger partial charge in [0, 0.05) is 6.54 Å². The van der Waals surface area contributed by atoms with E-state index in [1.54, 1.807) is 18.3 Å². The van der Waals surface area contributed by atoms with Crippen molar-refractivity contribution in [3.05, 3.63) is 50.1 Å². The largest absolute Gasteiger partial charge is 0.376 e. The summed E-state index contributed by atoms with van der Waals surface area (Å²) in [5, 5.41) is 4.72. The molecule has 2 rings (SSSR count). The molecule has 0 radical (unpaired) electrons. The maximum atomic E-state index is 13.7. The number of benzene rings is 1. The molecule has 0 unspecified atom stereocenters. The van der Waals surface area contributed by atoms with Gasteiger partial charge in [-0.05, 0) is 51.5 Å². The van der Waals surface area contributed by atoms with Gasteiger partial charge in [-0.3, -0.25) is 0 Å². The lowest BCUT2D eigenvalue weighted by atomic mass is 10.2. The van der Waals surface area contributed by atoms with Crippen LogP contribution in [-0.4, -0.2) is 0 Å². The molecule has 0 bridgehead atoms. The van der Waals surface area contributed by atoms with Gasteiger partial charge in [-0.1, -0.05) is 6.07 Å². The number of aryl methyl sites for hydroxylation is 1. The second kappa shape index (κ2) is 5.14. The molecule has 0 saturated heterocycles. The third kappa shape index (κ3) is 2.84. The Morgan fingerprint density at radius 2 is 2.12 bits per heavy atom. The van der Waals surface area contributed by atoms with Gasteiger partial charge in [-0.15, -0.1) is 11.3 Å². The predicted octanol–water partition coefficient (Wildman–Crippen LogP) is 4.71. The Morgan fingerprint density at radius 1 is 1.35 bits per heavy atom. The Balaban J connectivity index is 2.16. The van der Waals surface area contributed by atoms with Gasteiger partial charge in [0.15, 0.2) is 5.82 Å². The fourth-order valence-corrected chi connectivity index (χ4v) is 2.66. The van der Waals surface area contributed by atoms with Crippen molar-refractivity contribution < 1.29 is 8.78 Å². The van der Waals surface area contributed by atoms with Crippen LogP contribution >= 0.6 is 27.3 Å². The van der Waals surface area contributed by atoms with Crippen LogP contribution in [0.25, 0.3) is 0 Å². The molecular weight excluding hydrogens is 308 g/mol. The summed E-state index contributed by atoms with van der Waals surface area (Å²) in [6.07, 6.45) is 0. The number of hydrogen-bond donors (Lipinski definition) is 1. The van der Waals surface area contributed by atoms with Crippen LogP contribution in [-0.2, 0) is 6.54 Å². The van der Waals surface area contributed by atoms with Crippen LogP contribution < -0.4 is 5.32 Å². The van der Waals surface area contributed by atoms with E-state index in [4.69, 9.17) is 0 Å². The van der Waals surface area contributed by atoms with Gasteiger partial charge in [0.1, 0.15) is 11.5 Å². The molecule has 0 aliphatic heterocycles. The Hall–Kier alpha value is -0.940. The molecule has 0 spiro atoms. The minimum absolute atomic E-state index is 0.0627. The van der Waals surface area contributed by atoms with E-state index in [9.17, 15) is 8.78 Å². The molecule has 0 saturated carbocycles. The first kappa shape index (κ1) is 12.5. The summed E-state index contributed by atoms with van der Waals surface area (Å²) in [6.45, 7) is 2.01. The average Bonchev–Trinajstić information content (AvgIpc) is 2.70. The van der Waals surface area contributed by atoms with Gasteiger partial charge in [0.25, 0.3) is 0 Å². The van der Waals surface area contributed by atoms with Gasteiger partial charge >= 0.3 is 0 Å². The first-order chi connectivity index (χ1) is 8.08. The standard InChI is InChI=1S/C12H10BrF2NS/c1-7-2-3-9(14)12(11(7)15)16-5-8-4-10(13)17-6-8/h2-4,6,16H,5H2,1H3. The molecule has 1 heterocycles. The molecular formula is C12H10BrF2NS. The maximum absolute atomic E-state index is 13.7. The van der Waals surface area contributed by atoms with Crippen LogP contribution in [0, 0.1) is 18.6 Å². The lowest BCUT2D eigenvalue weighted by molar-refractivity contribution is 0.582. The molecule has 17 heavy (non-hydrogen) atoms. The lowest BCUT2D eigenvalue weighted by Crippen LogP contribution is -2.04. The highest BCUT2D eigenvalue weighted by Gasteiger charge is 2.11. The third-order valence-corrected chi connectivity index (χ3v) is 3.93. The normalized spacial score (nSPS) is 10.6. The Kier molecular flexibility index (Phi) is 3.79. The van der Waals surface area contributed by atoms with E-state index >= 15 is 0 Å². The van der Waals surface area contributed by atoms with Crippen LogP contribution in [0.1, 0.15) is 11.1 Å². The molecule has 5 heteroatoms. The van der Waals surface area contributed by atoms with Crippen LogP contribution in [0.2, 0.25) is 0 Å². The quantitative estimate of drug-likeness (QED) is 0.864. The molecule has 90 valence electrons. The fourth-order valence-electron chi connectivity index (χ4n) is 1.45. The first-order valence-corrected chi connectivity index (χ1v) is 6.66. The van der Waals surface area contributed by atoms with E-state index in [2.05, 4.69) is 21.2 Å². The van der Waals surface area contributed by atoms with E-state index in [1.807, 2.05) is 11.4 Å². The molecule has 1 N–H and O–H groups in total. The van der Waals surface area contributed by atoms with Crippen molar-refractivity contribution in [1.29, 1.82) is 0 Å². The van der Waals surface area contributed by atoms with Crippen molar-refractivity contribution in [3.63, 3.8) is 0 Å². The topological polar surface area (TPSA) is 12.0 Å². The summed E-state index contributed by atoms with van der Waals surface area (Å²) in [5.41, 5.74) is 1.36.